The number of fused-ring (bicyclic) bond motifs is 4. The molecule has 0 spiro atoms. The number of anilines is 11. The Morgan fingerprint density at radius 1 is 0.345 bits per heavy atom. The number of likely N-dealkylation sites (N-methyl/N-ethyl adjacent to an activating group) is 2. The van der Waals surface area contributed by atoms with Gasteiger partial charge in [-0.1, -0.05) is 93.6 Å². The van der Waals surface area contributed by atoms with Crippen LogP contribution in [0.1, 0.15) is 182 Å². The summed E-state index contributed by atoms with van der Waals surface area (Å²) in [7, 11) is 25.2. The van der Waals surface area contributed by atoms with Gasteiger partial charge < -0.3 is 82.7 Å². The molecule has 0 bridgehead atoms. The van der Waals surface area contributed by atoms with Gasteiger partial charge in [-0.25, -0.2) is 24.9 Å². The minimum absolute atomic E-state index is 0.119. The summed E-state index contributed by atoms with van der Waals surface area (Å²) in [6.45, 7) is 22.8. The number of para-hydroxylation sites is 4. The van der Waals surface area contributed by atoms with Crippen molar-refractivity contribution < 1.29 is 33.6 Å². The molecule has 8 aromatic carbocycles. The standard InChI is InChI=1S/C33H43N5O3.C28H39N5O.C26H35N5O.C25H33N5O2/c1-4-41-31(39)22-36(2)25-15-19-37(20-16-25)26-11-12-29-28(21-26)33(35-32(34-29)24-9-10-24)38-17-13-23(14-18-38)27-7-5-6-8-30(27)40-3;1-6-16-32(17-7-2)22-12-13-25-24(20-22)27(30-28(29-25)31(3)4)33-18-14-21(15-19-33)23-10-8-9-11-26(23)34-5;1-6-15-30(4)20-11-12-23-22(18-20)25(28-26(27-23)29(2)3)31-16-13-19(14-17-31)21-9-7-8-10-24(21)32-5;1-28(2)25-26-22-10-9-19(29(3)15-16-31)17-21(22)24(27-25)30-13-11-18(12-14-30)20-7-5-6-8-23(20)32-4/h5-8,11-12,21,23-25H,4,9-10,13-20,22H2,1-3H3;8-13,20-21H,6-7,14-19H2,1-5H3;7-12,18-19H,6,13-17H2,1-5H3;5-10,17-18,31H,11-16H2,1-4H3. The highest BCUT2D eigenvalue weighted by Gasteiger charge is 2.35. The summed E-state index contributed by atoms with van der Waals surface area (Å²) >= 11 is 0. The molecular formula is C112H150N20O7. The SMILES string of the molecule is CCCN(C)c1ccc2nc(N(C)C)nc(N3CCC(c4ccccc4OC)CC3)c2c1.CCCN(CCC)c1ccc2nc(N(C)C)nc(N3CCC(c4ccccc4OC)CC3)c2c1.CCOC(=O)CN(C)C1CCN(c2ccc3nc(C4CC4)nc(N4CCC(c5ccccc5OC)CC4)c3c2)CC1.COc1ccccc1C1CCN(c2nc(N(C)C)nc3ccc(N(C)CCO)cc23)CC1. The van der Waals surface area contributed by atoms with Crippen molar-refractivity contribution >= 4 is 113 Å². The molecule has 0 amide bonds. The van der Waals surface area contributed by atoms with Crippen molar-refractivity contribution in [3.05, 3.63) is 198 Å². The molecule has 139 heavy (non-hydrogen) atoms. The van der Waals surface area contributed by atoms with Crippen molar-refractivity contribution in [3.8, 4) is 23.0 Å². The quantitative estimate of drug-likeness (QED) is 0.0387. The zero-order valence-corrected chi connectivity index (χ0v) is 85.6. The molecule has 4 aromatic heterocycles. The number of aromatic nitrogens is 8. The van der Waals surface area contributed by atoms with E-state index in [0.29, 0.717) is 55.3 Å². The van der Waals surface area contributed by atoms with Gasteiger partial charge in [0, 0.05) is 204 Å². The van der Waals surface area contributed by atoms with Crippen molar-refractivity contribution in [2.75, 3.05) is 257 Å². The number of aliphatic hydroxyl groups excluding tert-OH is 1. The molecule has 9 heterocycles. The lowest BCUT2D eigenvalue weighted by atomic mass is 9.88. The first-order valence-corrected chi connectivity index (χ1v) is 50.8. The van der Waals surface area contributed by atoms with Crippen LogP contribution in [0.3, 0.4) is 0 Å². The maximum Gasteiger partial charge on any atom is 0.320 e. The fourth-order valence-electron chi connectivity index (χ4n) is 20.7. The van der Waals surface area contributed by atoms with Crippen molar-refractivity contribution in [2.45, 2.75) is 160 Å². The zero-order chi connectivity index (χ0) is 97.8. The Labute approximate surface area is 824 Å². The van der Waals surface area contributed by atoms with Crippen LogP contribution in [0.25, 0.3) is 43.6 Å². The summed E-state index contributed by atoms with van der Waals surface area (Å²) in [6, 6.07) is 60.3. The third kappa shape index (κ3) is 24.5. The van der Waals surface area contributed by atoms with Crippen LogP contribution < -0.4 is 72.8 Å². The van der Waals surface area contributed by atoms with Gasteiger partial charge in [-0.15, -0.1) is 0 Å². The van der Waals surface area contributed by atoms with E-state index in [-0.39, 0.29) is 12.6 Å². The highest BCUT2D eigenvalue weighted by molar-refractivity contribution is 5.96. The number of ether oxygens (including phenoxy) is 5. The second kappa shape index (κ2) is 47.9. The van der Waals surface area contributed by atoms with Gasteiger partial charge in [0.1, 0.15) is 52.1 Å². The van der Waals surface area contributed by atoms with Gasteiger partial charge in [-0.05, 0) is 253 Å². The van der Waals surface area contributed by atoms with Crippen LogP contribution in [0.5, 0.6) is 23.0 Å². The average molecular weight is 1890 g/mol. The fourth-order valence-corrected chi connectivity index (χ4v) is 20.7. The Kier molecular flexibility index (Phi) is 34.8. The van der Waals surface area contributed by atoms with E-state index in [0.717, 1.165) is 288 Å². The number of esters is 1. The van der Waals surface area contributed by atoms with E-state index in [9.17, 15) is 9.90 Å². The van der Waals surface area contributed by atoms with E-state index in [1.54, 1.807) is 28.4 Å². The zero-order valence-electron chi connectivity index (χ0n) is 85.6. The molecule has 0 unspecified atom stereocenters. The van der Waals surface area contributed by atoms with Crippen molar-refractivity contribution in [3.63, 3.8) is 0 Å². The Bertz CT molecular complexity index is 5840. The molecule has 0 radical (unpaired) electrons. The van der Waals surface area contributed by atoms with E-state index in [2.05, 4.69) is 211 Å². The van der Waals surface area contributed by atoms with Gasteiger partial charge in [0.05, 0.1) is 70.3 Å². The van der Waals surface area contributed by atoms with Crippen molar-refractivity contribution in [1.29, 1.82) is 0 Å². The first-order valence-electron chi connectivity index (χ1n) is 50.8. The van der Waals surface area contributed by atoms with Gasteiger partial charge in [0.25, 0.3) is 0 Å². The summed E-state index contributed by atoms with van der Waals surface area (Å²) in [6.07, 6.45) is 16.4. The molecule has 5 aliphatic heterocycles. The molecule has 0 atom stereocenters. The van der Waals surface area contributed by atoms with Crippen molar-refractivity contribution in [1.82, 2.24) is 44.8 Å². The molecule has 12 aromatic rings. The number of piperidine rings is 5. The lowest BCUT2D eigenvalue weighted by Gasteiger charge is -2.38. The van der Waals surface area contributed by atoms with Crippen LogP contribution in [0.2, 0.25) is 0 Å². The second-order valence-electron chi connectivity index (χ2n) is 38.7. The molecule has 5 saturated heterocycles. The molecule has 740 valence electrons. The molecule has 27 nitrogen and oxygen atoms in total. The van der Waals surface area contributed by atoms with Crippen LogP contribution in [-0.4, -0.2) is 265 Å². The Balaban J connectivity index is 0.000000141. The van der Waals surface area contributed by atoms with E-state index in [1.165, 1.54) is 52.2 Å². The Morgan fingerprint density at radius 3 is 1.01 bits per heavy atom. The minimum Gasteiger partial charge on any atom is -0.496 e. The van der Waals surface area contributed by atoms with Gasteiger partial charge in [0.15, 0.2) is 0 Å². The molecular weight excluding hydrogens is 1740 g/mol. The number of aliphatic hydroxyl groups is 1. The number of carbonyl (C=O) groups excluding carboxylic acids is 1. The predicted octanol–water partition coefficient (Wildman–Crippen LogP) is 19.5. The van der Waals surface area contributed by atoms with Crippen LogP contribution in [-0.2, 0) is 9.53 Å². The maximum absolute atomic E-state index is 12.0. The monoisotopic (exact) mass is 1890 g/mol. The summed E-state index contributed by atoms with van der Waals surface area (Å²) in [5, 5.41) is 13.8. The minimum atomic E-state index is -0.142. The smallest absolute Gasteiger partial charge is 0.320 e. The molecule has 18 rings (SSSR count). The third-order valence-electron chi connectivity index (χ3n) is 28.6. The molecule has 6 aliphatic rings. The number of methoxy groups -OCH3 is 4. The first kappa shape index (κ1) is 101. The van der Waals surface area contributed by atoms with Crippen LogP contribution >= 0.6 is 0 Å². The lowest BCUT2D eigenvalue weighted by molar-refractivity contribution is -0.144. The van der Waals surface area contributed by atoms with E-state index >= 15 is 0 Å². The van der Waals surface area contributed by atoms with E-state index in [4.69, 9.17) is 63.6 Å². The van der Waals surface area contributed by atoms with Gasteiger partial charge in [0.2, 0.25) is 17.8 Å². The fraction of sp³-hybridized carbons (Fsp3) is 0.491. The maximum atomic E-state index is 12.0. The van der Waals surface area contributed by atoms with E-state index in [1.807, 2.05) is 108 Å². The van der Waals surface area contributed by atoms with Gasteiger partial charge in [-0.2, -0.15) is 15.0 Å². The molecule has 1 aliphatic carbocycles. The summed E-state index contributed by atoms with van der Waals surface area (Å²) in [5.41, 5.74) is 14.0. The third-order valence-corrected chi connectivity index (χ3v) is 28.6. The highest BCUT2D eigenvalue weighted by atomic mass is 16.5. The van der Waals surface area contributed by atoms with Crippen LogP contribution in [0, 0.1) is 0 Å². The van der Waals surface area contributed by atoms with Gasteiger partial charge >= 0.3 is 5.97 Å². The number of benzene rings is 8. The molecule has 1 saturated carbocycles. The number of nitrogens with zero attached hydrogens (tertiary/aromatic N) is 20. The van der Waals surface area contributed by atoms with Crippen molar-refractivity contribution in [2.24, 2.45) is 0 Å². The first-order chi connectivity index (χ1) is 67.6. The van der Waals surface area contributed by atoms with E-state index < -0.39 is 0 Å². The second-order valence-corrected chi connectivity index (χ2v) is 38.7. The molecule has 1 N–H and O–H groups in total. The summed E-state index contributed by atoms with van der Waals surface area (Å²) in [4.78, 5) is 78.8. The predicted molar refractivity (Wildman–Crippen MR) is 573 cm³/mol. The highest BCUT2D eigenvalue weighted by Crippen LogP contribution is 2.46. The number of rotatable bonds is 32. The summed E-state index contributed by atoms with van der Waals surface area (Å²) in [5.74, 6) is 13.8. The number of carbonyl (C=O) groups is 1. The molecule has 6 fully saturated rings. The normalized spacial score (nSPS) is 15.8. The molecule has 27 heteroatoms. The number of hydrogen-bond acceptors (Lipinski definition) is 27. The Hall–Kier alpha value is -12.5. The van der Waals surface area contributed by atoms with Crippen LogP contribution in [0.15, 0.2) is 170 Å². The average Bonchev–Trinajstić information content (AvgIpc) is 1.60. The summed E-state index contributed by atoms with van der Waals surface area (Å²) < 4.78 is 27.7. The Morgan fingerprint density at radius 2 is 0.669 bits per heavy atom. The topological polar surface area (TPSA) is 225 Å². The number of hydrogen-bond donors (Lipinski definition) is 1. The van der Waals surface area contributed by atoms with Gasteiger partial charge in [-0.3, -0.25) is 9.69 Å². The van der Waals surface area contributed by atoms with Crippen LogP contribution in [0.4, 0.5) is 63.9 Å². The lowest BCUT2D eigenvalue weighted by Crippen LogP contribution is -2.45. The largest absolute Gasteiger partial charge is 0.496 e.